The Morgan fingerprint density at radius 3 is 2.43 bits per heavy atom. The molecule has 1 amide bonds. The van der Waals surface area contributed by atoms with E-state index in [0.717, 1.165) is 45.2 Å². The van der Waals surface area contributed by atoms with E-state index in [1.54, 1.807) is 6.07 Å². The lowest BCUT2D eigenvalue weighted by atomic mass is 9.98. The molecule has 1 aromatic carbocycles. The number of benzene rings is 1. The molecule has 2 aliphatic heterocycles. The van der Waals surface area contributed by atoms with Crippen molar-refractivity contribution in [3.8, 4) is 0 Å². The van der Waals surface area contributed by atoms with Crippen molar-refractivity contribution in [2.24, 2.45) is 5.92 Å². The molecule has 0 saturated carbocycles. The quantitative estimate of drug-likeness (QED) is 0.779. The number of carbonyl (C=O) groups is 1. The lowest BCUT2D eigenvalue weighted by molar-refractivity contribution is -0.121. The van der Waals surface area contributed by atoms with E-state index in [4.69, 9.17) is 11.6 Å². The van der Waals surface area contributed by atoms with E-state index in [9.17, 15) is 13.2 Å². The van der Waals surface area contributed by atoms with E-state index in [1.165, 1.54) is 16.4 Å². The third-order valence-corrected chi connectivity index (χ3v) is 8.12. The summed E-state index contributed by atoms with van der Waals surface area (Å²) < 4.78 is 27.3. The number of amides is 1. The van der Waals surface area contributed by atoms with Crippen LogP contribution in [0.25, 0.3) is 0 Å². The lowest BCUT2D eigenvalue weighted by Gasteiger charge is -2.34. The first kappa shape index (κ1) is 21.6. The third-order valence-electron chi connectivity index (χ3n) is 5.89. The monoisotopic (exact) mass is 427 g/mol. The van der Waals surface area contributed by atoms with Crippen LogP contribution >= 0.6 is 11.6 Å². The Morgan fingerprint density at radius 1 is 1.14 bits per heavy atom. The molecule has 8 heteroatoms. The number of sulfonamides is 1. The van der Waals surface area contributed by atoms with Gasteiger partial charge in [0.25, 0.3) is 0 Å². The molecule has 0 bridgehead atoms. The van der Waals surface area contributed by atoms with E-state index in [-0.39, 0.29) is 16.8 Å². The minimum absolute atomic E-state index is 0.163. The second-order valence-corrected chi connectivity index (χ2v) is 10.3. The van der Waals surface area contributed by atoms with Gasteiger partial charge < -0.3 is 5.32 Å². The van der Waals surface area contributed by atoms with E-state index in [1.807, 2.05) is 6.92 Å². The molecule has 0 aromatic heterocycles. The van der Waals surface area contributed by atoms with Gasteiger partial charge in [-0.15, -0.1) is 0 Å². The van der Waals surface area contributed by atoms with Gasteiger partial charge in [0.05, 0.1) is 21.6 Å². The molecule has 1 N–H and O–H groups in total. The van der Waals surface area contributed by atoms with Gasteiger partial charge in [-0.3, -0.25) is 9.69 Å². The molecule has 0 unspecified atom stereocenters. The zero-order chi connectivity index (χ0) is 20.3. The number of likely N-dealkylation sites (tertiary alicyclic amines) is 1. The molecule has 1 atom stereocenters. The van der Waals surface area contributed by atoms with Crippen molar-refractivity contribution < 1.29 is 13.2 Å². The van der Waals surface area contributed by atoms with Crippen LogP contribution in [0.3, 0.4) is 0 Å². The van der Waals surface area contributed by atoms with Crippen LogP contribution in [0.5, 0.6) is 0 Å². The molecule has 3 rings (SSSR count). The summed E-state index contributed by atoms with van der Waals surface area (Å²) in [7, 11) is -3.57. The molecule has 2 saturated heterocycles. The topological polar surface area (TPSA) is 69.7 Å². The maximum absolute atomic E-state index is 12.9. The Labute approximate surface area is 173 Å². The predicted octanol–water partition coefficient (Wildman–Crippen LogP) is 3.57. The van der Waals surface area contributed by atoms with Crippen molar-refractivity contribution in [1.82, 2.24) is 9.21 Å². The second-order valence-electron chi connectivity index (χ2n) is 7.99. The number of anilines is 1. The summed E-state index contributed by atoms with van der Waals surface area (Å²) in [5.41, 5.74) is 0.349. The Balaban J connectivity index is 1.73. The van der Waals surface area contributed by atoms with Crippen molar-refractivity contribution in [2.75, 3.05) is 31.5 Å². The van der Waals surface area contributed by atoms with Crippen LogP contribution in [-0.4, -0.2) is 55.8 Å². The maximum Gasteiger partial charge on any atom is 0.243 e. The maximum atomic E-state index is 12.9. The molecule has 2 heterocycles. The van der Waals surface area contributed by atoms with Crippen molar-refractivity contribution in [1.29, 1.82) is 0 Å². The number of hydrogen-bond donors (Lipinski definition) is 1. The summed E-state index contributed by atoms with van der Waals surface area (Å²) in [6, 6.07) is 4.25. The highest BCUT2D eigenvalue weighted by Gasteiger charge is 2.28. The summed E-state index contributed by atoms with van der Waals surface area (Å²) in [4.78, 5) is 15.1. The van der Waals surface area contributed by atoms with Crippen molar-refractivity contribution in [2.45, 2.75) is 56.9 Å². The minimum atomic E-state index is -3.57. The SMILES string of the molecule is CC1CCN([C@@H](C)C(=O)Nc2cc(S(=O)(=O)N3CCCCC3)ccc2Cl)CC1. The van der Waals surface area contributed by atoms with E-state index in [0.29, 0.717) is 29.7 Å². The van der Waals surface area contributed by atoms with Gasteiger partial charge in [0, 0.05) is 13.1 Å². The average Bonchev–Trinajstić information content (AvgIpc) is 2.70. The van der Waals surface area contributed by atoms with Gasteiger partial charge in [0.2, 0.25) is 15.9 Å². The van der Waals surface area contributed by atoms with Crippen LogP contribution in [0.1, 0.15) is 46.0 Å². The van der Waals surface area contributed by atoms with E-state index >= 15 is 0 Å². The number of rotatable bonds is 5. The van der Waals surface area contributed by atoms with Crippen LogP contribution in [0.4, 0.5) is 5.69 Å². The highest BCUT2D eigenvalue weighted by molar-refractivity contribution is 7.89. The Morgan fingerprint density at radius 2 is 1.79 bits per heavy atom. The molecule has 0 radical (unpaired) electrons. The van der Waals surface area contributed by atoms with E-state index < -0.39 is 10.0 Å². The number of hydrogen-bond acceptors (Lipinski definition) is 4. The van der Waals surface area contributed by atoms with Crippen LogP contribution in [0, 0.1) is 5.92 Å². The highest BCUT2D eigenvalue weighted by Crippen LogP contribution is 2.29. The number of carbonyl (C=O) groups excluding carboxylic acids is 1. The second kappa shape index (κ2) is 9.11. The molecule has 0 spiro atoms. The fraction of sp³-hybridized carbons (Fsp3) is 0.650. The standard InChI is InChI=1S/C20H30ClN3O3S/c1-15-8-12-23(13-9-15)16(2)20(25)22-19-14-17(6-7-18(19)21)28(26,27)24-10-4-3-5-11-24/h6-7,14-16H,3-5,8-13H2,1-2H3,(H,22,25)/t16-/m0/s1. The van der Waals surface area contributed by atoms with Gasteiger partial charge in [-0.1, -0.05) is 24.9 Å². The Hall–Kier alpha value is -1.15. The highest BCUT2D eigenvalue weighted by atomic mass is 35.5. The van der Waals surface area contributed by atoms with Gasteiger partial charge in [0.1, 0.15) is 0 Å². The first-order valence-corrected chi connectivity index (χ1v) is 12.0. The molecule has 28 heavy (non-hydrogen) atoms. The summed E-state index contributed by atoms with van der Waals surface area (Å²) in [5, 5.41) is 3.18. The third kappa shape index (κ3) is 4.87. The molecule has 156 valence electrons. The number of nitrogens with zero attached hydrogens (tertiary/aromatic N) is 2. The first-order valence-electron chi connectivity index (χ1n) is 10.1. The van der Waals surface area contributed by atoms with Crippen molar-refractivity contribution >= 4 is 33.2 Å². The molecule has 2 aliphatic rings. The Kier molecular flexibility index (Phi) is 7.02. The van der Waals surface area contributed by atoms with Crippen LogP contribution in [0.2, 0.25) is 5.02 Å². The predicted molar refractivity (Wildman–Crippen MR) is 112 cm³/mol. The summed E-state index contributed by atoms with van der Waals surface area (Å²) >= 11 is 6.25. The fourth-order valence-corrected chi connectivity index (χ4v) is 5.54. The minimum Gasteiger partial charge on any atom is -0.323 e. The molecular weight excluding hydrogens is 398 g/mol. The Bertz CT molecular complexity index is 801. The number of nitrogens with one attached hydrogen (secondary N) is 1. The van der Waals surface area contributed by atoms with Crippen LogP contribution in [-0.2, 0) is 14.8 Å². The smallest absolute Gasteiger partial charge is 0.243 e. The molecule has 1 aromatic rings. The fourth-order valence-electron chi connectivity index (χ4n) is 3.83. The largest absolute Gasteiger partial charge is 0.323 e. The van der Waals surface area contributed by atoms with Crippen molar-refractivity contribution in [3.05, 3.63) is 23.2 Å². The summed E-state index contributed by atoms with van der Waals surface area (Å²) in [6.45, 7) is 6.98. The molecular formula is C20H30ClN3O3S. The van der Waals surface area contributed by atoms with Gasteiger partial charge in [-0.25, -0.2) is 8.42 Å². The number of halogens is 1. The van der Waals surface area contributed by atoms with Crippen molar-refractivity contribution in [3.63, 3.8) is 0 Å². The average molecular weight is 428 g/mol. The molecule has 0 aliphatic carbocycles. The number of piperidine rings is 2. The first-order chi connectivity index (χ1) is 13.3. The van der Waals surface area contributed by atoms with Crippen LogP contribution in [0.15, 0.2) is 23.1 Å². The van der Waals surface area contributed by atoms with E-state index in [2.05, 4.69) is 17.1 Å². The van der Waals surface area contributed by atoms with Gasteiger partial charge in [0.15, 0.2) is 0 Å². The zero-order valence-corrected chi connectivity index (χ0v) is 18.2. The normalized spacial score (nSPS) is 21.4. The van der Waals surface area contributed by atoms with Gasteiger partial charge >= 0.3 is 0 Å². The van der Waals surface area contributed by atoms with Gasteiger partial charge in [-0.2, -0.15) is 4.31 Å². The molecule has 6 nitrogen and oxygen atoms in total. The summed E-state index contributed by atoms with van der Waals surface area (Å²) in [5.74, 6) is 0.529. The summed E-state index contributed by atoms with van der Waals surface area (Å²) in [6.07, 6.45) is 4.98. The van der Waals surface area contributed by atoms with Crippen LogP contribution < -0.4 is 5.32 Å². The lowest BCUT2D eigenvalue weighted by Crippen LogP contribution is -2.45. The molecule has 2 fully saturated rings. The van der Waals surface area contributed by atoms with Gasteiger partial charge in [-0.05, 0) is 69.8 Å². The zero-order valence-electron chi connectivity index (χ0n) is 16.7.